The molecule has 1 amide bonds. The zero-order valence-electron chi connectivity index (χ0n) is 10.6. The predicted molar refractivity (Wildman–Crippen MR) is 72.3 cm³/mol. The Bertz CT molecular complexity index is 442. The molecule has 2 N–H and O–H groups in total. The molecule has 1 rings (SSSR count). The second-order valence-electron chi connectivity index (χ2n) is 3.81. The molecule has 0 aliphatic carbocycles. The molecule has 0 fully saturated rings. The Morgan fingerprint density at radius 2 is 2.05 bits per heavy atom. The number of benzene rings is 1. The van der Waals surface area contributed by atoms with E-state index in [-0.39, 0.29) is 6.79 Å². The number of amides is 1. The normalized spacial score (nSPS) is 13.9. The van der Waals surface area contributed by atoms with Gasteiger partial charge < -0.3 is 19.9 Å². The predicted octanol–water partition coefficient (Wildman–Crippen LogP) is 3.14. The average Bonchev–Trinajstić information content (AvgIpc) is 2.33. The lowest BCUT2D eigenvalue weighted by Crippen LogP contribution is -2.28. The molecule has 1 aromatic carbocycles. The number of carbonyl (C=O) groups excluding carboxylic acids is 1. The van der Waals surface area contributed by atoms with E-state index in [1.807, 2.05) is 0 Å². The molecule has 0 aliphatic heterocycles. The van der Waals surface area contributed by atoms with Crippen molar-refractivity contribution in [1.82, 2.24) is 0 Å². The van der Waals surface area contributed by atoms with Gasteiger partial charge in [-0.25, -0.2) is 4.79 Å². The number of carbonyl (C=O) groups is 1. The zero-order chi connectivity index (χ0) is 14.4. The number of hydrogen-bond donors (Lipinski definition) is 1. The van der Waals surface area contributed by atoms with E-state index in [9.17, 15) is 4.79 Å². The average molecular weight is 308 g/mol. The van der Waals surface area contributed by atoms with E-state index in [1.54, 1.807) is 25.1 Å². The van der Waals surface area contributed by atoms with E-state index in [4.69, 9.17) is 43.1 Å². The molecule has 0 unspecified atom stereocenters. The van der Waals surface area contributed by atoms with Gasteiger partial charge in [0.05, 0.1) is 10.0 Å². The number of primary amides is 1. The molecule has 0 aliphatic rings. The lowest BCUT2D eigenvalue weighted by molar-refractivity contribution is -0.111. The number of halogens is 2. The molecule has 0 bridgehead atoms. The highest BCUT2D eigenvalue weighted by Crippen LogP contribution is 2.29. The Kier molecular flexibility index (Phi) is 6.37. The number of hydrogen-bond acceptors (Lipinski definition) is 4. The van der Waals surface area contributed by atoms with Gasteiger partial charge in [0.25, 0.3) is 0 Å². The largest absolute Gasteiger partial charge is 0.444 e. The number of nitrogens with two attached hydrogens (primary N) is 1. The van der Waals surface area contributed by atoms with Crippen molar-refractivity contribution in [3.05, 3.63) is 33.8 Å². The third-order valence-corrected chi connectivity index (χ3v) is 3.11. The lowest BCUT2D eigenvalue weighted by Gasteiger charge is -2.24. The first-order valence-electron chi connectivity index (χ1n) is 5.47. The summed E-state index contributed by atoms with van der Waals surface area (Å²) >= 11 is 11.8. The maximum absolute atomic E-state index is 10.8. The van der Waals surface area contributed by atoms with Crippen molar-refractivity contribution in [3.63, 3.8) is 0 Å². The Balaban J connectivity index is 2.94. The molecule has 0 saturated heterocycles. The maximum atomic E-state index is 10.8. The summed E-state index contributed by atoms with van der Waals surface area (Å²) in [5.41, 5.74) is 5.71. The highest BCUT2D eigenvalue weighted by atomic mass is 35.5. The van der Waals surface area contributed by atoms with Crippen LogP contribution in [0.5, 0.6) is 0 Å². The van der Waals surface area contributed by atoms with Crippen molar-refractivity contribution in [3.8, 4) is 0 Å². The van der Waals surface area contributed by atoms with E-state index in [0.29, 0.717) is 15.6 Å². The molecule has 0 saturated carbocycles. The summed E-state index contributed by atoms with van der Waals surface area (Å²) in [4.78, 5) is 10.8. The van der Waals surface area contributed by atoms with Gasteiger partial charge in [0.2, 0.25) is 0 Å². The minimum atomic E-state index is -0.876. The van der Waals surface area contributed by atoms with Crippen molar-refractivity contribution in [1.29, 1.82) is 0 Å². The van der Waals surface area contributed by atoms with Crippen LogP contribution in [0.25, 0.3) is 0 Å². The smallest absolute Gasteiger partial charge is 0.404 e. The molecular formula is C12H15Cl2NO4. The van der Waals surface area contributed by atoms with Crippen LogP contribution in [-0.2, 0) is 14.2 Å². The van der Waals surface area contributed by atoms with Gasteiger partial charge in [-0.3, -0.25) is 0 Å². The van der Waals surface area contributed by atoms with E-state index in [0.717, 1.165) is 0 Å². The summed E-state index contributed by atoms with van der Waals surface area (Å²) in [5.74, 6) is 0. The summed E-state index contributed by atoms with van der Waals surface area (Å²) in [6.45, 7) is 1.70. The van der Waals surface area contributed by atoms with Crippen LogP contribution >= 0.6 is 23.2 Å². The highest BCUT2D eigenvalue weighted by Gasteiger charge is 2.23. The first kappa shape index (κ1) is 16.0. The molecule has 0 spiro atoms. The molecule has 19 heavy (non-hydrogen) atoms. The SMILES string of the molecule is COCO[C@H](c1ccc(Cl)c(Cl)c1)[C@@H](C)OC(N)=O. The van der Waals surface area contributed by atoms with Crippen molar-refractivity contribution in [2.24, 2.45) is 5.73 Å². The van der Waals surface area contributed by atoms with Gasteiger partial charge in [0.1, 0.15) is 19.0 Å². The van der Waals surface area contributed by atoms with E-state index in [2.05, 4.69) is 0 Å². The van der Waals surface area contributed by atoms with E-state index in [1.165, 1.54) is 7.11 Å². The molecule has 0 heterocycles. The van der Waals surface area contributed by atoms with Crippen LogP contribution in [0.1, 0.15) is 18.6 Å². The van der Waals surface area contributed by atoms with Crippen LogP contribution < -0.4 is 5.73 Å². The lowest BCUT2D eigenvalue weighted by atomic mass is 10.1. The molecule has 7 heteroatoms. The number of rotatable bonds is 6. The fourth-order valence-corrected chi connectivity index (χ4v) is 1.88. The molecule has 106 valence electrons. The van der Waals surface area contributed by atoms with Crippen LogP contribution in [0.2, 0.25) is 10.0 Å². The topological polar surface area (TPSA) is 70.8 Å². The standard InChI is InChI=1S/C12H15Cl2NO4/c1-7(19-12(15)16)11(18-6-17-2)8-3-4-9(13)10(14)5-8/h3-5,7,11H,6H2,1-2H3,(H2,15,16)/t7-,11+/m1/s1. The van der Waals surface area contributed by atoms with Crippen LogP contribution in [-0.4, -0.2) is 26.1 Å². The molecular weight excluding hydrogens is 293 g/mol. The summed E-state index contributed by atoms with van der Waals surface area (Å²) in [6, 6.07) is 5.01. The molecule has 1 aromatic rings. The molecule has 0 aromatic heterocycles. The van der Waals surface area contributed by atoms with Crippen LogP contribution in [0, 0.1) is 0 Å². The minimum absolute atomic E-state index is 0.0391. The first-order chi connectivity index (χ1) is 8.95. The second kappa shape index (κ2) is 7.55. The summed E-state index contributed by atoms with van der Waals surface area (Å²) in [6.07, 6.45) is -2.02. The van der Waals surface area contributed by atoms with Gasteiger partial charge in [0.15, 0.2) is 0 Å². The van der Waals surface area contributed by atoms with Crippen LogP contribution in [0.4, 0.5) is 4.79 Å². The van der Waals surface area contributed by atoms with Gasteiger partial charge in [-0.2, -0.15) is 0 Å². The quantitative estimate of drug-likeness (QED) is 0.820. The molecule has 5 nitrogen and oxygen atoms in total. The van der Waals surface area contributed by atoms with Crippen molar-refractivity contribution >= 4 is 29.3 Å². The van der Waals surface area contributed by atoms with Gasteiger partial charge in [-0.1, -0.05) is 29.3 Å². The van der Waals surface area contributed by atoms with E-state index < -0.39 is 18.3 Å². The third-order valence-electron chi connectivity index (χ3n) is 2.37. The maximum Gasteiger partial charge on any atom is 0.404 e. The highest BCUT2D eigenvalue weighted by molar-refractivity contribution is 6.42. The summed E-state index contributed by atoms with van der Waals surface area (Å²) < 4.78 is 15.2. The monoisotopic (exact) mass is 307 g/mol. The fourth-order valence-electron chi connectivity index (χ4n) is 1.58. The summed E-state index contributed by atoms with van der Waals surface area (Å²) in [7, 11) is 1.49. The minimum Gasteiger partial charge on any atom is -0.444 e. The van der Waals surface area contributed by atoms with Crippen molar-refractivity contribution < 1.29 is 19.0 Å². The third kappa shape index (κ3) is 4.87. The van der Waals surface area contributed by atoms with Gasteiger partial charge in [-0.15, -0.1) is 0 Å². The number of methoxy groups -OCH3 is 1. The fraction of sp³-hybridized carbons (Fsp3) is 0.417. The Hall–Kier alpha value is -1.01. The number of ether oxygens (including phenoxy) is 3. The molecule has 2 atom stereocenters. The Morgan fingerprint density at radius 3 is 2.58 bits per heavy atom. The van der Waals surface area contributed by atoms with Crippen molar-refractivity contribution in [2.75, 3.05) is 13.9 Å². The zero-order valence-corrected chi connectivity index (χ0v) is 12.1. The Labute approximate surface area is 121 Å². The van der Waals surface area contributed by atoms with Crippen LogP contribution in [0.15, 0.2) is 18.2 Å². The second-order valence-corrected chi connectivity index (χ2v) is 4.62. The van der Waals surface area contributed by atoms with E-state index >= 15 is 0 Å². The molecule has 0 radical (unpaired) electrons. The van der Waals surface area contributed by atoms with Gasteiger partial charge in [-0.05, 0) is 24.6 Å². The van der Waals surface area contributed by atoms with Crippen LogP contribution in [0.3, 0.4) is 0 Å². The van der Waals surface area contributed by atoms with Crippen molar-refractivity contribution in [2.45, 2.75) is 19.1 Å². The van der Waals surface area contributed by atoms with Gasteiger partial charge in [0, 0.05) is 7.11 Å². The summed E-state index contributed by atoms with van der Waals surface area (Å²) in [5, 5.41) is 0.816. The van der Waals surface area contributed by atoms with Gasteiger partial charge >= 0.3 is 6.09 Å². The first-order valence-corrected chi connectivity index (χ1v) is 6.23. The Morgan fingerprint density at radius 1 is 1.37 bits per heavy atom.